The zero-order valence-electron chi connectivity index (χ0n) is 15.0. The van der Waals surface area contributed by atoms with Crippen molar-refractivity contribution in [3.05, 3.63) is 65.9 Å². The molecular formula is C21H17N3O4. The molecule has 28 heavy (non-hydrogen) atoms. The third kappa shape index (κ3) is 4.02. The molecule has 1 heterocycles. The maximum Gasteiger partial charge on any atom is 0.323 e. The second-order valence-electron chi connectivity index (χ2n) is 5.98. The smallest absolute Gasteiger partial charge is 0.323 e. The molecule has 1 aromatic heterocycles. The van der Waals surface area contributed by atoms with Crippen LogP contribution in [0.5, 0.6) is 5.75 Å². The number of carboxylic acid groups (broad SMARTS) is 1. The summed E-state index contributed by atoms with van der Waals surface area (Å²) in [4.78, 5) is 23.6. The summed E-state index contributed by atoms with van der Waals surface area (Å²) in [5, 5.41) is 22.0. The van der Waals surface area contributed by atoms with Gasteiger partial charge < -0.3 is 19.7 Å². The fraction of sp³-hybridized carbons (Fsp3) is 0.0952. The maximum absolute atomic E-state index is 12.5. The van der Waals surface area contributed by atoms with E-state index in [-0.39, 0.29) is 12.1 Å². The molecule has 140 valence electrons. The highest BCUT2D eigenvalue weighted by Crippen LogP contribution is 2.24. The molecule has 2 aromatic carbocycles. The number of rotatable bonds is 6. The van der Waals surface area contributed by atoms with Crippen LogP contribution in [0, 0.1) is 11.3 Å². The van der Waals surface area contributed by atoms with Crippen LogP contribution >= 0.6 is 0 Å². The largest absolute Gasteiger partial charge is 0.497 e. The summed E-state index contributed by atoms with van der Waals surface area (Å²) in [6.45, 7) is -0.214. The predicted molar refractivity (Wildman–Crippen MR) is 105 cm³/mol. The Morgan fingerprint density at radius 2 is 1.93 bits per heavy atom. The number of aliphatic carboxylic acids is 1. The number of carbonyl (C=O) groups excluding carboxylic acids is 1. The molecule has 2 N–H and O–H groups in total. The highest BCUT2D eigenvalue weighted by Gasteiger charge is 2.13. The molecule has 0 aliphatic carbocycles. The van der Waals surface area contributed by atoms with Gasteiger partial charge >= 0.3 is 5.97 Å². The molecule has 0 saturated heterocycles. The van der Waals surface area contributed by atoms with E-state index in [4.69, 9.17) is 9.84 Å². The minimum absolute atomic E-state index is 0.0888. The molecule has 0 bridgehead atoms. The highest BCUT2D eigenvalue weighted by atomic mass is 16.5. The average Bonchev–Trinajstić information content (AvgIpc) is 3.03. The Kier molecular flexibility index (Phi) is 5.42. The molecule has 0 spiro atoms. The fourth-order valence-electron chi connectivity index (χ4n) is 2.84. The van der Waals surface area contributed by atoms with E-state index in [1.807, 2.05) is 18.2 Å². The van der Waals surface area contributed by atoms with Crippen LogP contribution in [0.15, 0.2) is 60.3 Å². The molecule has 1 amide bonds. The zero-order valence-corrected chi connectivity index (χ0v) is 15.0. The molecule has 0 atom stereocenters. The monoisotopic (exact) mass is 375 g/mol. The molecule has 0 saturated carbocycles. The number of aromatic nitrogens is 1. The van der Waals surface area contributed by atoms with Crippen LogP contribution in [0.1, 0.15) is 5.56 Å². The summed E-state index contributed by atoms with van der Waals surface area (Å²) >= 11 is 0. The molecule has 0 fully saturated rings. The number of nitrogens with zero attached hydrogens (tertiary/aromatic N) is 2. The van der Waals surface area contributed by atoms with Crippen LogP contribution in [-0.2, 0) is 16.1 Å². The third-order valence-electron chi connectivity index (χ3n) is 4.14. The molecule has 3 rings (SSSR count). The van der Waals surface area contributed by atoms with Crippen LogP contribution in [0.2, 0.25) is 0 Å². The Bertz CT molecular complexity index is 1100. The van der Waals surface area contributed by atoms with E-state index in [2.05, 4.69) is 5.32 Å². The zero-order chi connectivity index (χ0) is 20.1. The fourth-order valence-corrected chi connectivity index (χ4v) is 2.84. The van der Waals surface area contributed by atoms with Gasteiger partial charge in [0.05, 0.1) is 7.11 Å². The van der Waals surface area contributed by atoms with E-state index in [1.165, 1.54) is 6.08 Å². The normalized spacial score (nSPS) is 11.1. The molecule has 3 aromatic rings. The molecule has 7 heteroatoms. The Morgan fingerprint density at radius 1 is 1.21 bits per heavy atom. The average molecular weight is 375 g/mol. The van der Waals surface area contributed by atoms with Gasteiger partial charge in [0.15, 0.2) is 0 Å². The van der Waals surface area contributed by atoms with Gasteiger partial charge in [0.2, 0.25) is 0 Å². The second kappa shape index (κ2) is 8.10. The van der Waals surface area contributed by atoms with Crippen molar-refractivity contribution >= 4 is 34.5 Å². The van der Waals surface area contributed by atoms with Crippen molar-refractivity contribution in [2.24, 2.45) is 0 Å². The van der Waals surface area contributed by atoms with E-state index < -0.39 is 11.9 Å². The summed E-state index contributed by atoms with van der Waals surface area (Å²) < 4.78 is 6.64. The van der Waals surface area contributed by atoms with Crippen LogP contribution in [0.3, 0.4) is 0 Å². The van der Waals surface area contributed by atoms with Crippen LogP contribution in [-0.4, -0.2) is 28.7 Å². The van der Waals surface area contributed by atoms with Gasteiger partial charge in [-0.2, -0.15) is 5.26 Å². The summed E-state index contributed by atoms with van der Waals surface area (Å²) in [5.41, 5.74) is 1.75. The van der Waals surface area contributed by atoms with Crippen molar-refractivity contribution in [3.63, 3.8) is 0 Å². The van der Waals surface area contributed by atoms with E-state index in [9.17, 15) is 14.9 Å². The lowest BCUT2D eigenvalue weighted by Gasteiger charge is -2.05. The number of para-hydroxylation sites is 1. The number of nitrogens with one attached hydrogen (secondary N) is 1. The van der Waals surface area contributed by atoms with Crippen molar-refractivity contribution in [1.82, 2.24) is 4.57 Å². The summed E-state index contributed by atoms with van der Waals surface area (Å²) in [6, 6.07) is 15.9. The third-order valence-corrected chi connectivity index (χ3v) is 4.14. The standard InChI is InChI=1S/C21H17N3O4/c1-28-17-8-6-16(7-9-17)23-21(27)14(11-22)10-15-12-24(13-20(25)26)19-5-3-2-4-18(15)19/h2-10,12H,13H2,1H3,(H,23,27)(H,25,26)/b14-10+. The summed E-state index contributed by atoms with van der Waals surface area (Å²) in [5.74, 6) is -0.878. The maximum atomic E-state index is 12.5. The Morgan fingerprint density at radius 3 is 2.57 bits per heavy atom. The first kappa shape index (κ1) is 18.7. The van der Waals surface area contributed by atoms with Gasteiger partial charge in [0, 0.05) is 28.4 Å². The topological polar surface area (TPSA) is 104 Å². The summed E-state index contributed by atoms with van der Waals surface area (Å²) in [7, 11) is 1.55. The SMILES string of the molecule is COc1ccc(NC(=O)/C(C#N)=C/c2cn(CC(=O)O)c3ccccc23)cc1. The predicted octanol–water partition coefficient (Wildman–Crippen LogP) is 3.28. The van der Waals surface area contributed by atoms with E-state index >= 15 is 0 Å². The second-order valence-corrected chi connectivity index (χ2v) is 5.98. The van der Waals surface area contributed by atoms with Gasteiger partial charge in [-0.15, -0.1) is 0 Å². The quantitative estimate of drug-likeness (QED) is 0.508. The van der Waals surface area contributed by atoms with Crippen molar-refractivity contribution in [3.8, 4) is 11.8 Å². The van der Waals surface area contributed by atoms with Gasteiger partial charge in [0.25, 0.3) is 5.91 Å². The number of carboxylic acids is 1. The molecule has 7 nitrogen and oxygen atoms in total. The number of carbonyl (C=O) groups is 2. The number of anilines is 1. The first-order chi connectivity index (χ1) is 13.5. The van der Waals surface area contributed by atoms with Gasteiger partial charge in [0.1, 0.15) is 23.9 Å². The van der Waals surface area contributed by atoms with Gasteiger partial charge in [-0.1, -0.05) is 18.2 Å². The molecule has 0 radical (unpaired) electrons. The molecule has 0 aliphatic rings. The van der Waals surface area contributed by atoms with Gasteiger partial charge in [-0.05, 0) is 36.4 Å². The minimum atomic E-state index is -0.978. The number of hydrogen-bond acceptors (Lipinski definition) is 4. The lowest BCUT2D eigenvalue weighted by molar-refractivity contribution is -0.137. The Balaban J connectivity index is 1.92. The highest BCUT2D eigenvalue weighted by molar-refractivity contribution is 6.10. The van der Waals surface area contributed by atoms with Crippen LogP contribution in [0.4, 0.5) is 5.69 Å². The first-order valence-electron chi connectivity index (χ1n) is 8.38. The van der Waals surface area contributed by atoms with Crippen molar-refractivity contribution in [1.29, 1.82) is 5.26 Å². The lowest BCUT2D eigenvalue weighted by atomic mass is 10.1. The molecule has 0 unspecified atom stereocenters. The molecule has 0 aliphatic heterocycles. The van der Waals surface area contributed by atoms with Crippen LogP contribution < -0.4 is 10.1 Å². The Labute approximate surface area is 161 Å². The number of amides is 1. The van der Waals surface area contributed by atoms with E-state index in [0.717, 1.165) is 5.39 Å². The number of methoxy groups -OCH3 is 1. The number of benzene rings is 2. The number of hydrogen-bond donors (Lipinski definition) is 2. The lowest BCUT2D eigenvalue weighted by Crippen LogP contribution is -2.13. The summed E-state index contributed by atoms with van der Waals surface area (Å²) in [6.07, 6.45) is 3.08. The number of nitriles is 1. The van der Waals surface area contributed by atoms with E-state index in [0.29, 0.717) is 22.5 Å². The van der Waals surface area contributed by atoms with E-state index in [1.54, 1.807) is 54.3 Å². The number of fused-ring (bicyclic) bond motifs is 1. The van der Waals surface area contributed by atoms with Crippen LogP contribution in [0.25, 0.3) is 17.0 Å². The Hall–Kier alpha value is -4.05. The number of ether oxygens (including phenoxy) is 1. The first-order valence-corrected chi connectivity index (χ1v) is 8.38. The van der Waals surface area contributed by atoms with Gasteiger partial charge in [-0.3, -0.25) is 9.59 Å². The molecular weight excluding hydrogens is 358 g/mol. The minimum Gasteiger partial charge on any atom is -0.497 e. The van der Waals surface area contributed by atoms with Crippen molar-refractivity contribution in [2.75, 3.05) is 12.4 Å². The van der Waals surface area contributed by atoms with Crippen molar-refractivity contribution < 1.29 is 19.4 Å². The van der Waals surface area contributed by atoms with Crippen molar-refractivity contribution in [2.45, 2.75) is 6.54 Å². The van der Waals surface area contributed by atoms with Gasteiger partial charge in [-0.25, -0.2) is 0 Å².